The lowest BCUT2D eigenvalue weighted by Gasteiger charge is -2.14. The maximum atomic E-state index is 5.24. The third kappa shape index (κ3) is 3.09. The van der Waals surface area contributed by atoms with Crippen molar-refractivity contribution in [1.82, 2.24) is 19.4 Å². The molecule has 114 valence electrons. The van der Waals surface area contributed by atoms with Crippen molar-refractivity contribution in [2.24, 2.45) is 5.92 Å². The molecule has 0 radical (unpaired) electrons. The molecule has 0 N–H and O–H groups in total. The second kappa shape index (κ2) is 6.54. The number of fused-ring (bicyclic) bond motifs is 1. The number of imidazole rings is 1. The van der Waals surface area contributed by atoms with E-state index >= 15 is 0 Å². The van der Waals surface area contributed by atoms with Crippen molar-refractivity contribution in [3.8, 4) is 0 Å². The number of pyridine rings is 1. The van der Waals surface area contributed by atoms with Gasteiger partial charge in [0, 0.05) is 32.8 Å². The first-order valence-corrected chi connectivity index (χ1v) is 7.83. The van der Waals surface area contributed by atoms with Crippen molar-refractivity contribution in [1.29, 1.82) is 0 Å². The minimum Gasteiger partial charge on any atom is -0.383 e. The number of hydrogen-bond acceptors (Lipinski definition) is 4. The minimum atomic E-state index is 0.695. The number of ether oxygens (including phenoxy) is 1. The summed E-state index contributed by atoms with van der Waals surface area (Å²) in [4.78, 5) is 11.8. The SMILES string of the molecule is CCN1CCC(Cc2nc3cccnc3n2CCOC)C1. The second-order valence-corrected chi connectivity index (χ2v) is 5.77. The Kier molecular flexibility index (Phi) is 4.51. The van der Waals surface area contributed by atoms with Crippen LogP contribution in [0, 0.1) is 5.92 Å². The van der Waals surface area contributed by atoms with Crippen LogP contribution in [0.5, 0.6) is 0 Å². The molecule has 0 spiro atoms. The highest BCUT2D eigenvalue weighted by Gasteiger charge is 2.24. The van der Waals surface area contributed by atoms with Crippen LogP contribution in [0.25, 0.3) is 11.2 Å². The molecule has 1 fully saturated rings. The van der Waals surface area contributed by atoms with Crippen molar-refractivity contribution in [2.45, 2.75) is 26.3 Å². The van der Waals surface area contributed by atoms with Gasteiger partial charge < -0.3 is 14.2 Å². The topological polar surface area (TPSA) is 43.2 Å². The summed E-state index contributed by atoms with van der Waals surface area (Å²) in [6.45, 7) is 7.32. The molecular formula is C16H24N4O. The van der Waals surface area contributed by atoms with E-state index in [0.717, 1.165) is 36.5 Å². The monoisotopic (exact) mass is 288 g/mol. The zero-order valence-electron chi connectivity index (χ0n) is 13.0. The molecule has 0 aliphatic carbocycles. The fraction of sp³-hybridized carbons (Fsp3) is 0.625. The van der Waals surface area contributed by atoms with Crippen LogP contribution < -0.4 is 0 Å². The number of rotatable bonds is 6. The summed E-state index contributed by atoms with van der Waals surface area (Å²) in [5, 5.41) is 0. The first-order valence-electron chi connectivity index (χ1n) is 7.83. The third-order valence-electron chi connectivity index (χ3n) is 4.39. The Hall–Kier alpha value is -1.46. The number of nitrogens with zero attached hydrogens (tertiary/aromatic N) is 4. The van der Waals surface area contributed by atoms with Gasteiger partial charge in [-0.3, -0.25) is 0 Å². The van der Waals surface area contributed by atoms with E-state index in [4.69, 9.17) is 9.72 Å². The molecule has 1 atom stereocenters. The Morgan fingerprint density at radius 1 is 1.43 bits per heavy atom. The molecule has 0 bridgehead atoms. The van der Waals surface area contributed by atoms with Crippen molar-refractivity contribution in [2.75, 3.05) is 33.4 Å². The standard InChI is InChI=1S/C16H24N4O/c1-3-19-8-6-13(12-19)11-15-18-14-5-4-7-17-16(14)20(15)9-10-21-2/h4-5,7,13H,3,6,8-12H2,1-2H3. The molecule has 3 heterocycles. The average Bonchev–Trinajstić information content (AvgIpc) is 3.09. The molecule has 5 heteroatoms. The zero-order valence-corrected chi connectivity index (χ0v) is 13.0. The Morgan fingerprint density at radius 3 is 3.10 bits per heavy atom. The van der Waals surface area contributed by atoms with Gasteiger partial charge in [0.25, 0.3) is 0 Å². The van der Waals surface area contributed by atoms with Gasteiger partial charge in [-0.15, -0.1) is 0 Å². The van der Waals surface area contributed by atoms with Gasteiger partial charge in [0.05, 0.1) is 6.61 Å². The van der Waals surface area contributed by atoms with Crippen LogP contribution in [0.3, 0.4) is 0 Å². The van der Waals surface area contributed by atoms with Gasteiger partial charge in [0.15, 0.2) is 5.65 Å². The molecule has 1 saturated heterocycles. The molecule has 3 rings (SSSR count). The molecule has 5 nitrogen and oxygen atoms in total. The Labute approximate surface area is 125 Å². The molecule has 2 aromatic rings. The predicted molar refractivity (Wildman–Crippen MR) is 83.3 cm³/mol. The van der Waals surface area contributed by atoms with E-state index in [1.54, 1.807) is 7.11 Å². The summed E-state index contributed by atoms with van der Waals surface area (Å²) < 4.78 is 7.47. The predicted octanol–water partition coefficient (Wildman–Crippen LogP) is 1.96. The van der Waals surface area contributed by atoms with Gasteiger partial charge in [-0.05, 0) is 37.6 Å². The van der Waals surface area contributed by atoms with Crippen LogP contribution in [0.4, 0.5) is 0 Å². The fourth-order valence-corrected chi connectivity index (χ4v) is 3.20. The van der Waals surface area contributed by atoms with Crippen LogP contribution in [0.1, 0.15) is 19.2 Å². The molecule has 2 aromatic heterocycles. The van der Waals surface area contributed by atoms with E-state index in [-0.39, 0.29) is 0 Å². The highest BCUT2D eigenvalue weighted by atomic mass is 16.5. The quantitative estimate of drug-likeness (QED) is 0.815. The third-order valence-corrected chi connectivity index (χ3v) is 4.39. The summed E-state index contributed by atoms with van der Waals surface area (Å²) in [5.74, 6) is 1.87. The summed E-state index contributed by atoms with van der Waals surface area (Å²) in [6, 6.07) is 4.00. The first-order chi connectivity index (χ1) is 10.3. The van der Waals surface area contributed by atoms with E-state index in [9.17, 15) is 0 Å². The summed E-state index contributed by atoms with van der Waals surface area (Å²) in [6.07, 6.45) is 4.15. The van der Waals surface area contributed by atoms with Crippen LogP contribution in [0.15, 0.2) is 18.3 Å². The van der Waals surface area contributed by atoms with E-state index in [1.165, 1.54) is 19.5 Å². The molecule has 1 aliphatic heterocycles. The summed E-state index contributed by atoms with van der Waals surface area (Å²) in [5.41, 5.74) is 1.98. The van der Waals surface area contributed by atoms with Crippen LogP contribution in [-0.4, -0.2) is 52.8 Å². The molecule has 1 aliphatic rings. The summed E-state index contributed by atoms with van der Waals surface area (Å²) in [7, 11) is 1.74. The molecule has 0 aromatic carbocycles. The minimum absolute atomic E-state index is 0.695. The van der Waals surface area contributed by atoms with Gasteiger partial charge in [-0.2, -0.15) is 0 Å². The highest BCUT2D eigenvalue weighted by molar-refractivity contribution is 5.71. The van der Waals surface area contributed by atoms with E-state index in [2.05, 4.69) is 21.4 Å². The van der Waals surface area contributed by atoms with Crippen molar-refractivity contribution in [3.63, 3.8) is 0 Å². The lowest BCUT2D eigenvalue weighted by Crippen LogP contribution is -2.21. The first kappa shape index (κ1) is 14.5. The number of aromatic nitrogens is 3. The van der Waals surface area contributed by atoms with Gasteiger partial charge >= 0.3 is 0 Å². The van der Waals surface area contributed by atoms with Crippen molar-refractivity contribution >= 4 is 11.2 Å². The van der Waals surface area contributed by atoms with Gasteiger partial charge in [-0.25, -0.2) is 9.97 Å². The molecule has 1 unspecified atom stereocenters. The Balaban J connectivity index is 1.83. The number of methoxy groups -OCH3 is 1. The fourth-order valence-electron chi connectivity index (χ4n) is 3.20. The van der Waals surface area contributed by atoms with E-state index in [1.807, 2.05) is 18.3 Å². The van der Waals surface area contributed by atoms with Gasteiger partial charge in [0.2, 0.25) is 0 Å². The Bertz CT molecular complexity index is 595. The zero-order chi connectivity index (χ0) is 14.7. The maximum Gasteiger partial charge on any atom is 0.160 e. The van der Waals surface area contributed by atoms with Crippen LogP contribution >= 0.6 is 0 Å². The molecule has 0 saturated carbocycles. The maximum absolute atomic E-state index is 5.24. The highest BCUT2D eigenvalue weighted by Crippen LogP contribution is 2.22. The van der Waals surface area contributed by atoms with Crippen molar-refractivity contribution < 1.29 is 4.74 Å². The van der Waals surface area contributed by atoms with E-state index < -0.39 is 0 Å². The van der Waals surface area contributed by atoms with E-state index in [0.29, 0.717) is 12.5 Å². The number of likely N-dealkylation sites (tertiary alicyclic amines) is 1. The van der Waals surface area contributed by atoms with Gasteiger partial charge in [-0.1, -0.05) is 6.92 Å². The molecular weight excluding hydrogens is 264 g/mol. The van der Waals surface area contributed by atoms with Crippen LogP contribution in [0.2, 0.25) is 0 Å². The normalized spacial score (nSPS) is 19.6. The summed E-state index contributed by atoms with van der Waals surface area (Å²) >= 11 is 0. The molecule has 0 amide bonds. The largest absolute Gasteiger partial charge is 0.383 e. The van der Waals surface area contributed by atoms with Crippen LogP contribution in [-0.2, 0) is 17.7 Å². The molecule has 21 heavy (non-hydrogen) atoms. The lowest BCUT2D eigenvalue weighted by molar-refractivity contribution is 0.187. The lowest BCUT2D eigenvalue weighted by atomic mass is 10.0. The van der Waals surface area contributed by atoms with Crippen molar-refractivity contribution in [3.05, 3.63) is 24.2 Å². The van der Waals surface area contributed by atoms with Gasteiger partial charge in [0.1, 0.15) is 11.3 Å². The smallest absolute Gasteiger partial charge is 0.160 e. The average molecular weight is 288 g/mol. The Morgan fingerprint density at radius 2 is 2.33 bits per heavy atom. The number of hydrogen-bond donors (Lipinski definition) is 0. The second-order valence-electron chi connectivity index (χ2n) is 5.77.